The summed E-state index contributed by atoms with van der Waals surface area (Å²) in [5, 5.41) is 16.8. The van der Waals surface area contributed by atoms with Crippen molar-refractivity contribution in [2.45, 2.75) is 12.3 Å². The fourth-order valence-corrected chi connectivity index (χ4v) is 3.06. The number of halogens is 1. The lowest BCUT2D eigenvalue weighted by Crippen LogP contribution is -2.24. The number of nitrogens with one attached hydrogen (secondary N) is 1. The summed E-state index contributed by atoms with van der Waals surface area (Å²) in [4.78, 5) is 12.2. The molecular weight excluding hydrogens is 309 g/mol. The number of hydrogen-bond donors (Lipinski definition) is 2. The van der Waals surface area contributed by atoms with Gasteiger partial charge in [-0.25, -0.2) is 9.07 Å². The van der Waals surface area contributed by atoms with Crippen LogP contribution < -0.4 is 5.32 Å². The van der Waals surface area contributed by atoms with E-state index < -0.39 is 0 Å². The van der Waals surface area contributed by atoms with Gasteiger partial charge in [0.25, 0.3) is 0 Å². The van der Waals surface area contributed by atoms with Crippen LogP contribution >= 0.6 is 0 Å². The molecular formula is C18H14FN3O2. The fraction of sp³-hybridized carbons (Fsp3) is 0.111. The van der Waals surface area contributed by atoms with E-state index in [1.165, 1.54) is 16.8 Å². The first-order valence-electron chi connectivity index (χ1n) is 7.54. The minimum Gasteiger partial charge on any atom is -0.508 e. The summed E-state index contributed by atoms with van der Waals surface area (Å²) in [6, 6.07) is 12.9. The summed E-state index contributed by atoms with van der Waals surface area (Å²) in [6.45, 7) is 0. The molecule has 0 fully saturated rings. The van der Waals surface area contributed by atoms with Crippen LogP contribution in [0.3, 0.4) is 0 Å². The van der Waals surface area contributed by atoms with E-state index in [-0.39, 0.29) is 29.8 Å². The lowest BCUT2D eigenvalue weighted by Gasteiger charge is -2.23. The predicted molar refractivity (Wildman–Crippen MR) is 86.7 cm³/mol. The number of amides is 1. The van der Waals surface area contributed by atoms with Crippen molar-refractivity contribution in [3.63, 3.8) is 0 Å². The summed E-state index contributed by atoms with van der Waals surface area (Å²) >= 11 is 0. The molecule has 3 aromatic rings. The van der Waals surface area contributed by atoms with Crippen molar-refractivity contribution in [1.29, 1.82) is 0 Å². The second-order valence-corrected chi connectivity index (χ2v) is 5.74. The lowest BCUT2D eigenvalue weighted by atomic mass is 9.87. The van der Waals surface area contributed by atoms with Crippen molar-refractivity contribution in [3.8, 4) is 11.4 Å². The molecule has 1 aromatic heterocycles. The second kappa shape index (κ2) is 5.49. The molecule has 1 atom stereocenters. The third-order valence-electron chi connectivity index (χ3n) is 4.15. The molecule has 4 rings (SSSR count). The van der Waals surface area contributed by atoms with E-state index in [9.17, 15) is 14.3 Å². The molecule has 0 bridgehead atoms. The number of anilines is 1. The Hall–Kier alpha value is -3.15. The minimum absolute atomic E-state index is 0.144. The van der Waals surface area contributed by atoms with Gasteiger partial charge in [0, 0.05) is 17.9 Å². The molecule has 120 valence electrons. The molecule has 0 radical (unpaired) electrons. The third-order valence-corrected chi connectivity index (χ3v) is 4.15. The second-order valence-electron chi connectivity index (χ2n) is 5.74. The Balaban J connectivity index is 1.83. The highest BCUT2D eigenvalue weighted by molar-refractivity contribution is 5.94. The first-order chi connectivity index (χ1) is 11.6. The summed E-state index contributed by atoms with van der Waals surface area (Å²) in [6.07, 6.45) is 1.94. The Morgan fingerprint density at radius 3 is 2.83 bits per heavy atom. The molecule has 0 saturated carbocycles. The molecule has 1 unspecified atom stereocenters. The van der Waals surface area contributed by atoms with E-state index in [4.69, 9.17) is 0 Å². The summed E-state index contributed by atoms with van der Waals surface area (Å²) < 4.78 is 15.0. The van der Waals surface area contributed by atoms with Crippen LogP contribution in [0.15, 0.2) is 54.7 Å². The molecule has 0 saturated heterocycles. The SMILES string of the molecule is O=C1CC(c2cccc(O)c2)c2cnn(-c3cccc(F)c3)c2N1. The smallest absolute Gasteiger partial charge is 0.226 e. The average Bonchev–Trinajstić information content (AvgIpc) is 2.97. The molecule has 5 nitrogen and oxygen atoms in total. The molecule has 1 aliphatic heterocycles. The van der Waals surface area contributed by atoms with E-state index in [1.54, 1.807) is 36.5 Å². The van der Waals surface area contributed by atoms with E-state index in [2.05, 4.69) is 10.4 Å². The van der Waals surface area contributed by atoms with Crippen molar-refractivity contribution in [2.75, 3.05) is 5.32 Å². The molecule has 1 aliphatic rings. The number of phenols is 1. The molecule has 2 heterocycles. The van der Waals surface area contributed by atoms with Crippen LogP contribution in [0.25, 0.3) is 5.69 Å². The standard InChI is InChI=1S/C18H14FN3O2/c19-12-4-2-5-13(8-12)22-18-16(10-20-22)15(9-17(24)21-18)11-3-1-6-14(23)7-11/h1-8,10,15,23H,9H2,(H,21,24). The highest BCUT2D eigenvalue weighted by Crippen LogP contribution is 2.38. The highest BCUT2D eigenvalue weighted by atomic mass is 19.1. The highest BCUT2D eigenvalue weighted by Gasteiger charge is 2.30. The van der Waals surface area contributed by atoms with E-state index in [0.29, 0.717) is 11.5 Å². The lowest BCUT2D eigenvalue weighted by molar-refractivity contribution is -0.116. The van der Waals surface area contributed by atoms with Gasteiger partial charge in [-0.05, 0) is 35.9 Å². The Morgan fingerprint density at radius 2 is 2.04 bits per heavy atom. The van der Waals surface area contributed by atoms with Gasteiger partial charge in [0.05, 0.1) is 11.9 Å². The average molecular weight is 323 g/mol. The maximum atomic E-state index is 13.5. The number of benzene rings is 2. The topological polar surface area (TPSA) is 67.1 Å². The number of aromatic hydroxyl groups is 1. The van der Waals surface area contributed by atoms with Crippen molar-refractivity contribution >= 4 is 11.7 Å². The number of carbonyl (C=O) groups excluding carboxylic acids is 1. The molecule has 0 spiro atoms. The van der Waals surface area contributed by atoms with Crippen LogP contribution in [0.5, 0.6) is 5.75 Å². The van der Waals surface area contributed by atoms with Gasteiger partial charge in [0.2, 0.25) is 5.91 Å². The zero-order valence-corrected chi connectivity index (χ0v) is 12.6. The molecule has 1 amide bonds. The van der Waals surface area contributed by atoms with Crippen LogP contribution in [-0.4, -0.2) is 20.8 Å². The number of fused-ring (bicyclic) bond motifs is 1. The zero-order chi connectivity index (χ0) is 16.7. The Labute approximate surface area is 137 Å². The number of hydrogen-bond acceptors (Lipinski definition) is 3. The maximum absolute atomic E-state index is 13.5. The number of carbonyl (C=O) groups is 1. The van der Waals surface area contributed by atoms with Gasteiger partial charge in [-0.2, -0.15) is 5.10 Å². The normalized spacial score (nSPS) is 16.5. The molecule has 6 heteroatoms. The number of rotatable bonds is 2. The van der Waals surface area contributed by atoms with Gasteiger partial charge >= 0.3 is 0 Å². The van der Waals surface area contributed by atoms with E-state index in [0.717, 1.165) is 11.1 Å². The van der Waals surface area contributed by atoms with Crippen molar-refractivity contribution < 1.29 is 14.3 Å². The first kappa shape index (κ1) is 14.4. The maximum Gasteiger partial charge on any atom is 0.226 e. The predicted octanol–water partition coefficient (Wildman–Crippen LogP) is 3.19. The zero-order valence-electron chi connectivity index (χ0n) is 12.6. The minimum atomic E-state index is -0.372. The van der Waals surface area contributed by atoms with Crippen molar-refractivity contribution in [3.05, 3.63) is 71.7 Å². The monoisotopic (exact) mass is 323 g/mol. The number of phenolic OH excluding ortho intramolecular Hbond substituents is 1. The molecule has 0 aliphatic carbocycles. The summed E-state index contributed by atoms with van der Waals surface area (Å²) in [5.74, 6) is -0.0386. The number of nitrogens with zero attached hydrogens (tertiary/aromatic N) is 2. The molecule has 2 N–H and O–H groups in total. The number of aromatic nitrogens is 2. The van der Waals surface area contributed by atoms with Gasteiger partial charge in [0.15, 0.2) is 0 Å². The van der Waals surface area contributed by atoms with Crippen LogP contribution in [-0.2, 0) is 4.79 Å². The van der Waals surface area contributed by atoms with Crippen molar-refractivity contribution in [2.24, 2.45) is 0 Å². The van der Waals surface area contributed by atoms with Crippen LogP contribution in [0.1, 0.15) is 23.5 Å². The van der Waals surface area contributed by atoms with Gasteiger partial charge in [0.1, 0.15) is 17.4 Å². The molecule has 2 aromatic carbocycles. The largest absolute Gasteiger partial charge is 0.508 e. The third kappa shape index (κ3) is 2.42. The van der Waals surface area contributed by atoms with Gasteiger partial charge in [-0.1, -0.05) is 18.2 Å². The van der Waals surface area contributed by atoms with Gasteiger partial charge in [-0.3, -0.25) is 4.79 Å². The van der Waals surface area contributed by atoms with Crippen molar-refractivity contribution in [1.82, 2.24) is 9.78 Å². The summed E-state index contributed by atoms with van der Waals surface area (Å²) in [5.41, 5.74) is 2.21. The fourth-order valence-electron chi connectivity index (χ4n) is 3.06. The van der Waals surface area contributed by atoms with Gasteiger partial charge < -0.3 is 10.4 Å². The Bertz CT molecular complexity index is 936. The van der Waals surface area contributed by atoms with Crippen LogP contribution in [0.2, 0.25) is 0 Å². The molecule has 24 heavy (non-hydrogen) atoms. The Kier molecular flexibility index (Phi) is 3.30. The van der Waals surface area contributed by atoms with E-state index >= 15 is 0 Å². The summed E-state index contributed by atoms with van der Waals surface area (Å²) in [7, 11) is 0. The van der Waals surface area contributed by atoms with Crippen LogP contribution in [0, 0.1) is 5.82 Å². The Morgan fingerprint density at radius 1 is 1.21 bits per heavy atom. The van der Waals surface area contributed by atoms with Crippen LogP contribution in [0.4, 0.5) is 10.2 Å². The van der Waals surface area contributed by atoms with E-state index in [1.807, 2.05) is 6.07 Å². The van der Waals surface area contributed by atoms with Gasteiger partial charge in [-0.15, -0.1) is 0 Å². The first-order valence-corrected chi connectivity index (χ1v) is 7.54. The quantitative estimate of drug-likeness (QED) is 0.761.